The predicted molar refractivity (Wildman–Crippen MR) is 76.5 cm³/mol. The Hall–Kier alpha value is -0.770. The molecule has 1 amide bonds. The summed E-state index contributed by atoms with van der Waals surface area (Å²) in [6, 6.07) is 5.45. The maximum Gasteiger partial charge on any atom is 0.252 e. The molecule has 0 spiro atoms. The highest BCUT2D eigenvalue weighted by Crippen LogP contribution is 2.28. The number of aryl methyl sites for hydroxylation is 1. The number of rotatable bonds is 3. The zero-order chi connectivity index (χ0) is 12.5. The van der Waals surface area contributed by atoms with Gasteiger partial charge in [-0.2, -0.15) is 0 Å². The molecule has 3 N–H and O–H groups in total. The van der Waals surface area contributed by atoms with Crippen molar-refractivity contribution in [3.8, 4) is 0 Å². The van der Waals surface area contributed by atoms with E-state index >= 15 is 0 Å². The minimum absolute atomic E-state index is 0. The summed E-state index contributed by atoms with van der Waals surface area (Å²) < 4.78 is 0. The molecule has 0 radical (unpaired) electrons. The highest BCUT2D eigenvalue weighted by Gasteiger charge is 2.32. The summed E-state index contributed by atoms with van der Waals surface area (Å²) in [5.41, 5.74) is 7.28. The molecule has 0 unspecified atom stereocenters. The molecule has 5 heteroatoms. The lowest BCUT2D eigenvalue weighted by Crippen LogP contribution is -2.54. The molecule has 1 saturated carbocycles. The summed E-state index contributed by atoms with van der Waals surface area (Å²) in [6.45, 7) is 2.41. The van der Waals surface area contributed by atoms with Crippen LogP contribution in [0.1, 0.15) is 35.2 Å². The van der Waals surface area contributed by atoms with Crippen molar-refractivity contribution in [3.63, 3.8) is 0 Å². The molecule has 0 heterocycles. The van der Waals surface area contributed by atoms with Crippen LogP contribution in [0.5, 0.6) is 0 Å². The fourth-order valence-electron chi connectivity index (χ4n) is 1.98. The summed E-state index contributed by atoms with van der Waals surface area (Å²) >= 11 is 6.09. The quantitative estimate of drug-likeness (QED) is 0.899. The Morgan fingerprint density at radius 1 is 1.50 bits per heavy atom. The average molecular weight is 289 g/mol. The Morgan fingerprint density at radius 3 is 2.72 bits per heavy atom. The van der Waals surface area contributed by atoms with Crippen LogP contribution < -0.4 is 11.1 Å². The van der Waals surface area contributed by atoms with Gasteiger partial charge >= 0.3 is 0 Å². The number of halogens is 2. The van der Waals surface area contributed by atoms with Gasteiger partial charge in [0.1, 0.15) is 0 Å². The van der Waals surface area contributed by atoms with Crippen LogP contribution in [0.4, 0.5) is 0 Å². The lowest BCUT2D eigenvalue weighted by atomic mass is 9.78. The first-order valence-electron chi connectivity index (χ1n) is 5.84. The third-order valence-electron chi connectivity index (χ3n) is 3.39. The standard InChI is InChI=1S/C13H17ClN2O.ClH/c1-9-4-2-5-10(11(9)14)12(17)16-8-13(15)6-3-7-13;/h2,4-5H,3,6-8,15H2,1H3,(H,16,17);1H. The van der Waals surface area contributed by atoms with Gasteiger partial charge in [-0.05, 0) is 37.8 Å². The molecule has 1 aromatic carbocycles. The van der Waals surface area contributed by atoms with Gasteiger partial charge in [-0.15, -0.1) is 12.4 Å². The molecule has 18 heavy (non-hydrogen) atoms. The summed E-state index contributed by atoms with van der Waals surface area (Å²) in [6.07, 6.45) is 3.11. The number of nitrogens with one attached hydrogen (secondary N) is 1. The lowest BCUT2D eigenvalue weighted by molar-refractivity contribution is 0.0930. The maximum absolute atomic E-state index is 12.0. The van der Waals surface area contributed by atoms with Crippen LogP contribution in [0.15, 0.2) is 18.2 Å². The van der Waals surface area contributed by atoms with Gasteiger partial charge in [0.25, 0.3) is 5.91 Å². The second-order valence-corrected chi connectivity index (χ2v) is 5.21. The van der Waals surface area contributed by atoms with E-state index < -0.39 is 0 Å². The van der Waals surface area contributed by atoms with Gasteiger partial charge in [0.15, 0.2) is 0 Å². The van der Waals surface area contributed by atoms with Gasteiger partial charge in [-0.1, -0.05) is 23.7 Å². The molecule has 3 nitrogen and oxygen atoms in total. The lowest BCUT2D eigenvalue weighted by Gasteiger charge is -2.38. The summed E-state index contributed by atoms with van der Waals surface area (Å²) in [7, 11) is 0. The number of carbonyl (C=O) groups is 1. The van der Waals surface area contributed by atoms with Gasteiger partial charge in [0.2, 0.25) is 0 Å². The first kappa shape index (κ1) is 15.3. The van der Waals surface area contributed by atoms with Crippen LogP contribution >= 0.6 is 24.0 Å². The minimum Gasteiger partial charge on any atom is -0.350 e. The topological polar surface area (TPSA) is 55.1 Å². The molecule has 1 aromatic rings. The van der Waals surface area contributed by atoms with Crippen molar-refractivity contribution in [3.05, 3.63) is 34.3 Å². The van der Waals surface area contributed by atoms with Gasteiger partial charge < -0.3 is 11.1 Å². The number of amides is 1. The van der Waals surface area contributed by atoms with Gasteiger partial charge in [0.05, 0.1) is 10.6 Å². The summed E-state index contributed by atoms with van der Waals surface area (Å²) in [5.74, 6) is -0.143. The molecule has 0 bridgehead atoms. The van der Waals surface area contributed by atoms with E-state index in [1.165, 1.54) is 0 Å². The van der Waals surface area contributed by atoms with E-state index in [0.717, 1.165) is 24.8 Å². The highest BCUT2D eigenvalue weighted by atomic mass is 35.5. The molecule has 1 aliphatic rings. The van der Waals surface area contributed by atoms with E-state index in [4.69, 9.17) is 17.3 Å². The third-order valence-corrected chi connectivity index (χ3v) is 3.89. The van der Waals surface area contributed by atoms with Crippen molar-refractivity contribution in [2.24, 2.45) is 5.73 Å². The number of benzene rings is 1. The highest BCUT2D eigenvalue weighted by molar-refractivity contribution is 6.34. The van der Waals surface area contributed by atoms with Crippen molar-refractivity contribution >= 4 is 29.9 Å². The first-order chi connectivity index (χ1) is 8.02. The van der Waals surface area contributed by atoms with Crippen molar-refractivity contribution in [2.45, 2.75) is 31.7 Å². The Morgan fingerprint density at radius 2 is 2.17 bits per heavy atom. The number of nitrogens with two attached hydrogens (primary N) is 1. The molecular weight excluding hydrogens is 271 g/mol. The molecular formula is C13H18Cl2N2O. The van der Waals surface area contributed by atoms with Gasteiger partial charge in [0, 0.05) is 12.1 Å². The van der Waals surface area contributed by atoms with E-state index in [2.05, 4.69) is 5.32 Å². The monoisotopic (exact) mass is 288 g/mol. The molecule has 100 valence electrons. The largest absolute Gasteiger partial charge is 0.350 e. The van der Waals surface area contributed by atoms with E-state index in [0.29, 0.717) is 17.1 Å². The summed E-state index contributed by atoms with van der Waals surface area (Å²) in [4.78, 5) is 12.0. The van der Waals surface area contributed by atoms with Crippen molar-refractivity contribution in [2.75, 3.05) is 6.54 Å². The minimum atomic E-state index is -0.202. The molecule has 1 aliphatic carbocycles. The maximum atomic E-state index is 12.0. The third kappa shape index (κ3) is 3.16. The SMILES string of the molecule is Cc1cccc(C(=O)NCC2(N)CCC2)c1Cl.Cl. The molecule has 0 aromatic heterocycles. The van der Waals surface area contributed by atoms with Crippen molar-refractivity contribution < 1.29 is 4.79 Å². The Balaban J connectivity index is 0.00000162. The van der Waals surface area contributed by atoms with Crippen LogP contribution in [0.3, 0.4) is 0 Å². The second-order valence-electron chi connectivity index (χ2n) is 4.84. The van der Waals surface area contributed by atoms with Crippen molar-refractivity contribution in [1.29, 1.82) is 0 Å². The summed E-state index contributed by atoms with van der Waals surface area (Å²) in [5, 5.41) is 3.38. The molecule has 0 atom stereocenters. The van der Waals surface area contributed by atoms with Crippen LogP contribution in [-0.4, -0.2) is 18.0 Å². The number of hydrogen-bond acceptors (Lipinski definition) is 2. The number of carbonyl (C=O) groups excluding carboxylic acids is 1. The average Bonchev–Trinajstić information content (AvgIpc) is 2.27. The van der Waals surface area contributed by atoms with E-state index in [9.17, 15) is 4.79 Å². The Kier molecular flexibility index (Phi) is 5.02. The zero-order valence-corrected chi connectivity index (χ0v) is 11.9. The normalized spacial score (nSPS) is 16.4. The van der Waals surface area contributed by atoms with Crippen LogP contribution in [0, 0.1) is 6.92 Å². The predicted octanol–water partition coefficient (Wildman–Crippen LogP) is 2.68. The molecule has 0 saturated heterocycles. The van der Waals surface area contributed by atoms with Crippen LogP contribution in [-0.2, 0) is 0 Å². The van der Waals surface area contributed by atoms with Crippen LogP contribution in [0.25, 0.3) is 0 Å². The van der Waals surface area contributed by atoms with Gasteiger partial charge in [-0.3, -0.25) is 4.79 Å². The molecule has 0 aliphatic heterocycles. The van der Waals surface area contributed by atoms with Gasteiger partial charge in [-0.25, -0.2) is 0 Å². The Labute approximate surface area is 118 Å². The van der Waals surface area contributed by atoms with E-state index in [-0.39, 0.29) is 23.9 Å². The molecule has 2 rings (SSSR count). The zero-order valence-electron chi connectivity index (χ0n) is 10.3. The number of hydrogen-bond donors (Lipinski definition) is 2. The Bertz CT molecular complexity index is 445. The molecule has 1 fully saturated rings. The second kappa shape index (κ2) is 5.91. The fourth-order valence-corrected chi connectivity index (χ4v) is 2.19. The smallest absolute Gasteiger partial charge is 0.252 e. The first-order valence-corrected chi connectivity index (χ1v) is 6.22. The van der Waals surface area contributed by atoms with Crippen molar-refractivity contribution in [1.82, 2.24) is 5.32 Å². The fraction of sp³-hybridized carbons (Fsp3) is 0.462. The van der Waals surface area contributed by atoms with E-state index in [1.54, 1.807) is 6.07 Å². The van der Waals surface area contributed by atoms with E-state index in [1.807, 2.05) is 19.1 Å². The van der Waals surface area contributed by atoms with Crippen LogP contribution in [0.2, 0.25) is 5.02 Å².